The maximum atomic E-state index is 11.6. The van der Waals surface area contributed by atoms with Crippen LogP contribution in [0.2, 0.25) is 0 Å². The molecule has 12 nitrogen and oxygen atoms in total. The number of anilines is 1. The molecule has 0 aromatic carbocycles. The van der Waals surface area contributed by atoms with E-state index in [1.54, 1.807) is 4.57 Å². The van der Waals surface area contributed by atoms with Crippen molar-refractivity contribution in [1.29, 1.82) is 0 Å². The molecule has 2 aliphatic rings. The Labute approximate surface area is 198 Å². The number of unbranched alkanes of at least 4 members (excludes halogenated alkanes) is 1. The van der Waals surface area contributed by atoms with Crippen LogP contribution in [0.25, 0.3) is 11.2 Å². The first-order valence-electron chi connectivity index (χ1n) is 11.5. The number of nitrogens with zero attached hydrogens (tertiary/aromatic N) is 5. The van der Waals surface area contributed by atoms with Gasteiger partial charge in [-0.25, -0.2) is 20.4 Å². The number of ether oxygens (including phenoxy) is 2. The summed E-state index contributed by atoms with van der Waals surface area (Å²) in [4.78, 5) is 19.9. The lowest BCUT2D eigenvalue weighted by molar-refractivity contribution is -0.116. The Balaban J connectivity index is 1.37. The van der Waals surface area contributed by atoms with E-state index in [4.69, 9.17) is 20.0 Å². The van der Waals surface area contributed by atoms with Gasteiger partial charge in [-0.2, -0.15) is 0 Å². The molecule has 0 unspecified atom stereocenters. The van der Waals surface area contributed by atoms with E-state index < -0.39 is 28.9 Å². The summed E-state index contributed by atoms with van der Waals surface area (Å²) >= 11 is 0. The molecule has 12 heteroatoms. The second kappa shape index (κ2) is 8.93. The molecule has 0 bridgehead atoms. The van der Waals surface area contributed by atoms with Crippen LogP contribution < -0.4 is 11.2 Å². The first-order chi connectivity index (χ1) is 16.1. The number of nitrogens with one attached hydrogen (secondary N) is 1. The minimum absolute atomic E-state index is 0.247. The van der Waals surface area contributed by atoms with Crippen molar-refractivity contribution in [3.8, 4) is 0 Å². The molecule has 4 atom stereocenters. The normalized spacial score (nSPS) is 29.4. The summed E-state index contributed by atoms with van der Waals surface area (Å²) in [7, 11) is 1.96. The van der Waals surface area contributed by atoms with Crippen LogP contribution in [0.3, 0.4) is 0 Å². The van der Waals surface area contributed by atoms with Crippen LogP contribution in [-0.4, -0.2) is 85.3 Å². The highest BCUT2D eigenvalue weighted by Crippen LogP contribution is 2.75. The molecule has 2 fully saturated rings. The number of imidazole rings is 1. The molecule has 2 aromatic rings. The lowest BCUT2D eigenvalue weighted by Gasteiger charge is -2.30. The number of likely N-dealkylation sites (N-methyl/N-ethyl adjacent to an activating group) is 1. The van der Waals surface area contributed by atoms with Gasteiger partial charge >= 0.3 is 0 Å². The van der Waals surface area contributed by atoms with Crippen molar-refractivity contribution in [2.75, 3.05) is 39.1 Å². The molecule has 1 saturated carbocycles. The molecule has 1 aliphatic carbocycles. The Morgan fingerprint density at radius 3 is 2.79 bits per heavy atom. The Morgan fingerprint density at radius 1 is 1.29 bits per heavy atom. The van der Waals surface area contributed by atoms with E-state index in [2.05, 4.69) is 31.9 Å². The molecular formula is C22H35N7O5. The van der Waals surface area contributed by atoms with Gasteiger partial charge in [0.05, 0.1) is 19.5 Å². The minimum atomic E-state index is -1.50. The van der Waals surface area contributed by atoms with Crippen molar-refractivity contribution in [2.45, 2.75) is 57.1 Å². The van der Waals surface area contributed by atoms with Crippen LogP contribution in [0, 0.1) is 5.41 Å². The smallest absolute Gasteiger partial charge is 0.203 e. The lowest BCUT2D eigenvalue weighted by atomic mass is 10.0. The van der Waals surface area contributed by atoms with Gasteiger partial charge in [0.1, 0.15) is 29.2 Å². The van der Waals surface area contributed by atoms with Crippen LogP contribution in [-0.2, 0) is 14.3 Å². The Hall–Kier alpha value is -2.51. The van der Waals surface area contributed by atoms with Crippen molar-refractivity contribution >= 4 is 17.0 Å². The van der Waals surface area contributed by atoms with Crippen LogP contribution in [0.1, 0.15) is 39.8 Å². The summed E-state index contributed by atoms with van der Waals surface area (Å²) in [6.07, 6.45) is 3.11. The molecule has 1 saturated heterocycles. The van der Waals surface area contributed by atoms with Crippen molar-refractivity contribution < 1.29 is 24.5 Å². The highest BCUT2D eigenvalue weighted by atomic mass is 16.7. The number of hydroxylamine groups is 1. The van der Waals surface area contributed by atoms with Crippen LogP contribution in [0.5, 0.6) is 0 Å². The second-order valence-electron chi connectivity index (χ2n) is 9.49. The second-order valence-corrected chi connectivity index (χ2v) is 9.49. The number of nitrogen functional groups attached to an aromatic ring is 1. The summed E-state index contributed by atoms with van der Waals surface area (Å²) in [6, 6.07) is 0. The number of nitrogens with two attached hydrogens (primary N) is 1. The van der Waals surface area contributed by atoms with Gasteiger partial charge in [-0.15, -0.1) is 0 Å². The maximum Gasteiger partial charge on any atom is 0.203 e. The third-order valence-electron chi connectivity index (χ3n) is 7.20. The maximum absolute atomic E-state index is 11.6. The highest BCUT2D eigenvalue weighted by Gasteiger charge is 2.92. The van der Waals surface area contributed by atoms with Gasteiger partial charge in [0.15, 0.2) is 17.7 Å². The summed E-state index contributed by atoms with van der Waals surface area (Å²) in [5.74, 6) is 0.636. The average Bonchev–Trinajstić information content (AvgIpc) is 3.14. The van der Waals surface area contributed by atoms with Crippen molar-refractivity contribution in [1.82, 2.24) is 29.9 Å². The van der Waals surface area contributed by atoms with Crippen molar-refractivity contribution in [2.24, 2.45) is 5.41 Å². The predicted octanol–water partition coefficient (Wildman–Crippen LogP) is 0.549. The number of aromatic nitrogens is 4. The number of aliphatic hydroxyl groups is 2. The van der Waals surface area contributed by atoms with Gasteiger partial charge in [-0.05, 0) is 39.9 Å². The van der Waals surface area contributed by atoms with Gasteiger partial charge in [-0.3, -0.25) is 9.40 Å². The van der Waals surface area contributed by atoms with E-state index in [1.165, 1.54) is 12.7 Å². The zero-order valence-corrected chi connectivity index (χ0v) is 20.2. The quantitative estimate of drug-likeness (QED) is 0.192. The van der Waals surface area contributed by atoms with E-state index in [0.29, 0.717) is 36.8 Å². The fraction of sp³-hybridized carbons (Fsp3) is 0.682. The topological polar surface area (TPSA) is 153 Å². The summed E-state index contributed by atoms with van der Waals surface area (Å²) in [5, 5.41) is 23.2. The molecule has 1 aliphatic heterocycles. The molecule has 3 heterocycles. The molecule has 0 spiro atoms. The molecular weight excluding hydrogens is 442 g/mol. The molecule has 34 heavy (non-hydrogen) atoms. The van der Waals surface area contributed by atoms with Gasteiger partial charge in [-0.1, -0.05) is 13.8 Å². The number of rotatable bonds is 12. The number of fused-ring (bicyclic) bond motifs is 2. The van der Waals surface area contributed by atoms with Gasteiger partial charge < -0.3 is 30.3 Å². The zero-order valence-electron chi connectivity index (χ0n) is 20.2. The number of hydrogen-bond donors (Lipinski definition) is 4. The van der Waals surface area contributed by atoms with Crippen molar-refractivity contribution in [3.63, 3.8) is 0 Å². The average molecular weight is 478 g/mol. The molecule has 2 aromatic heterocycles. The molecule has 5 N–H and O–H groups in total. The van der Waals surface area contributed by atoms with E-state index in [1.807, 2.05) is 27.8 Å². The zero-order chi connectivity index (χ0) is 24.7. The Bertz CT molecular complexity index is 1050. The van der Waals surface area contributed by atoms with Gasteiger partial charge in [0, 0.05) is 12.0 Å². The molecule has 4 rings (SSSR count). The van der Waals surface area contributed by atoms with E-state index in [0.717, 1.165) is 19.4 Å². The molecule has 0 amide bonds. The first-order valence-corrected chi connectivity index (χ1v) is 11.5. The predicted molar refractivity (Wildman–Crippen MR) is 124 cm³/mol. The first kappa shape index (κ1) is 24.6. The highest BCUT2D eigenvalue weighted by molar-refractivity contribution is 5.81. The van der Waals surface area contributed by atoms with Crippen LogP contribution in [0.15, 0.2) is 25.1 Å². The van der Waals surface area contributed by atoms with E-state index in [9.17, 15) is 10.2 Å². The van der Waals surface area contributed by atoms with E-state index in [-0.39, 0.29) is 5.82 Å². The van der Waals surface area contributed by atoms with Gasteiger partial charge in [0.25, 0.3) is 0 Å². The molecule has 188 valence electrons. The summed E-state index contributed by atoms with van der Waals surface area (Å²) in [6.45, 7) is 11.5. The third-order valence-corrected chi connectivity index (χ3v) is 7.20. The molecule has 0 radical (unpaired) electrons. The fourth-order valence-electron chi connectivity index (χ4n) is 5.14. The summed E-state index contributed by atoms with van der Waals surface area (Å²) in [5.41, 5.74) is 5.75. The Morgan fingerprint density at radius 2 is 2.06 bits per heavy atom. The fourth-order valence-corrected chi connectivity index (χ4v) is 5.14. The minimum Gasteiger partial charge on any atom is -0.478 e. The third kappa shape index (κ3) is 3.60. The summed E-state index contributed by atoms with van der Waals surface area (Å²) < 4.78 is 13.0. The monoisotopic (exact) mass is 477 g/mol. The largest absolute Gasteiger partial charge is 0.478 e. The number of hydrogen-bond acceptors (Lipinski definition) is 11. The van der Waals surface area contributed by atoms with Crippen LogP contribution in [0.4, 0.5) is 5.82 Å². The van der Waals surface area contributed by atoms with Crippen LogP contribution >= 0.6 is 0 Å². The van der Waals surface area contributed by atoms with E-state index >= 15 is 0 Å². The van der Waals surface area contributed by atoms with Gasteiger partial charge in [0.2, 0.25) is 5.88 Å². The lowest BCUT2D eigenvalue weighted by Crippen LogP contribution is -2.42. The SMILES string of the molecule is C=C(NOCCCCN(C)C[C@H]1O[C@@H](n2cnc3c(N)ncnc32)[C@@]2(O)C(C)(C)[C@@]12O)OCC. The Kier molecular flexibility index (Phi) is 6.46. The standard InChI is InChI=1S/C22H35N7O5/c1-6-32-14(2)27-33-10-8-7-9-28(5)11-15-21(30)20(3,4)22(21,31)19(34-15)29-13-26-16-17(23)24-12-25-18(16)29/h12-13,15,19,27,30-31H,2,6-11H2,1,3-5H3,(H2,23,24,25)/t15-,19-,21+,22-/m1/s1. The van der Waals surface area contributed by atoms with Crippen molar-refractivity contribution in [3.05, 3.63) is 25.1 Å².